The number of piperidine rings is 1. The van der Waals surface area contributed by atoms with Crippen molar-refractivity contribution in [2.75, 3.05) is 6.54 Å². The van der Waals surface area contributed by atoms with E-state index in [9.17, 15) is 29.1 Å². The Morgan fingerprint density at radius 2 is 1.74 bits per heavy atom. The number of carboxylic acid groups (broad SMARTS) is 1. The van der Waals surface area contributed by atoms with E-state index >= 15 is 0 Å². The van der Waals surface area contributed by atoms with Gasteiger partial charge in [-0.2, -0.15) is 0 Å². The normalized spacial score (nSPS) is 18.1. The molecule has 0 radical (unpaired) electrons. The minimum atomic E-state index is -0.945. The van der Waals surface area contributed by atoms with Gasteiger partial charge in [-0.15, -0.1) is 11.3 Å². The Balaban J connectivity index is 1.65. The Morgan fingerprint density at radius 3 is 2.35 bits per heavy atom. The zero-order chi connectivity index (χ0) is 33.8. The average Bonchev–Trinajstić information content (AvgIpc) is 3.54. The van der Waals surface area contributed by atoms with Crippen LogP contribution >= 0.6 is 11.3 Å². The summed E-state index contributed by atoms with van der Waals surface area (Å²) in [6, 6.07) is 7.48. The number of hydrogen-bond acceptors (Lipinski definition) is 8. The van der Waals surface area contributed by atoms with Crippen molar-refractivity contribution in [1.82, 2.24) is 26.3 Å². The Kier molecular flexibility index (Phi) is 14.3. The maximum Gasteiger partial charge on any atom is 0.306 e. The molecular formula is C34H49N5O6S. The van der Waals surface area contributed by atoms with E-state index in [-0.39, 0.29) is 59.0 Å². The molecule has 6 atom stereocenters. The molecule has 0 aliphatic carbocycles. The lowest BCUT2D eigenvalue weighted by molar-refractivity contribution is -0.141. The number of nitrogens with zero attached hydrogens (tertiary/aromatic N) is 1. The number of hydrogen-bond donors (Lipinski definition) is 5. The van der Waals surface area contributed by atoms with Crippen molar-refractivity contribution in [2.24, 2.45) is 17.8 Å². The molecule has 1 fully saturated rings. The number of thiazole rings is 1. The third-order valence-corrected chi connectivity index (χ3v) is 9.54. The molecule has 1 saturated heterocycles. The Labute approximate surface area is 275 Å². The number of carbonyl (C=O) groups excluding carboxylic acids is 4. The van der Waals surface area contributed by atoms with Crippen molar-refractivity contribution in [3.8, 4) is 0 Å². The van der Waals surface area contributed by atoms with Gasteiger partial charge in [-0.3, -0.25) is 24.0 Å². The molecule has 0 saturated carbocycles. The molecule has 1 aliphatic rings. The van der Waals surface area contributed by atoms with Crippen molar-refractivity contribution in [3.05, 3.63) is 52.0 Å². The lowest BCUT2D eigenvalue weighted by atomic mass is 9.94. The molecule has 3 amide bonds. The summed E-state index contributed by atoms with van der Waals surface area (Å²) in [5, 5.41) is 23.2. The van der Waals surface area contributed by atoms with Gasteiger partial charge < -0.3 is 26.4 Å². The summed E-state index contributed by atoms with van der Waals surface area (Å²) < 4.78 is 0. The highest BCUT2D eigenvalue weighted by Gasteiger charge is 2.32. The van der Waals surface area contributed by atoms with E-state index in [1.54, 1.807) is 6.92 Å². The van der Waals surface area contributed by atoms with Crippen molar-refractivity contribution in [3.63, 3.8) is 0 Å². The summed E-state index contributed by atoms with van der Waals surface area (Å²) in [5.74, 6) is -3.11. The fourth-order valence-electron chi connectivity index (χ4n) is 5.43. The van der Waals surface area contributed by atoms with Gasteiger partial charge in [-0.25, -0.2) is 4.98 Å². The number of amides is 3. The van der Waals surface area contributed by atoms with Crippen molar-refractivity contribution < 1.29 is 29.1 Å². The first kappa shape index (κ1) is 36.8. The predicted octanol–water partition coefficient (Wildman–Crippen LogP) is 3.98. The minimum Gasteiger partial charge on any atom is -0.481 e. The molecule has 12 heteroatoms. The molecule has 5 N–H and O–H groups in total. The lowest BCUT2D eigenvalue weighted by Crippen LogP contribution is -2.57. The molecule has 46 heavy (non-hydrogen) atoms. The number of benzene rings is 1. The van der Waals surface area contributed by atoms with Crippen LogP contribution in [0.4, 0.5) is 0 Å². The smallest absolute Gasteiger partial charge is 0.306 e. The Hall–Kier alpha value is -3.64. The number of Topliss-reactive ketones (excluding diaryl/α,β-unsaturated/α-hetero) is 1. The van der Waals surface area contributed by atoms with E-state index in [2.05, 4.69) is 26.3 Å². The second kappa shape index (κ2) is 17.9. The molecule has 1 aromatic heterocycles. The van der Waals surface area contributed by atoms with Crippen LogP contribution in [0.1, 0.15) is 99.0 Å². The van der Waals surface area contributed by atoms with Gasteiger partial charge in [-0.05, 0) is 49.6 Å². The number of carbonyl (C=O) groups is 5. The molecule has 2 heterocycles. The van der Waals surface area contributed by atoms with Gasteiger partial charge in [-0.1, -0.05) is 77.8 Å². The van der Waals surface area contributed by atoms with Crippen LogP contribution in [-0.2, 0) is 20.8 Å². The number of rotatable bonds is 17. The number of aromatic nitrogens is 1. The quantitative estimate of drug-likeness (QED) is 0.160. The molecule has 3 rings (SSSR count). The number of nitrogens with one attached hydrogen (secondary N) is 4. The SMILES string of the molecule is CC[C@H](C)[C@H](NC(=O)[C@H]1CCCCN1)C(=O)N[C@H](CC(=O)c1nc(C(=O)N[C@@H](Cc2ccccc2)C[C@H](C)C(=O)O)cs1)C(C)C. The van der Waals surface area contributed by atoms with E-state index < -0.39 is 35.9 Å². The third kappa shape index (κ3) is 11.0. The van der Waals surface area contributed by atoms with Crippen LogP contribution < -0.4 is 21.3 Å². The monoisotopic (exact) mass is 655 g/mol. The highest BCUT2D eigenvalue weighted by Crippen LogP contribution is 2.19. The molecule has 2 aromatic rings. The number of aliphatic carboxylic acids is 1. The van der Waals surface area contributed by atoms with E-state index in [4.69, 9.17) is 0 Å². The Bertz CT molecular complexity index is 1330. The molecule has 0 unspecified atom stereocenters. The summed E-state index contributed by atoms with van der Waals surface area (Å²) >= 11 is 1.06. The van der Waals surface area contributed by atoms with Gasteiger partial charge >= 0.3 is 5.97 Å². The summed E-state index contributed by atoms with van der Waals surface area (Å²) in [6.45, 7) is 10.1. The van der Waals surface area contributed by atoms with Crippen LogP contribution in [-0.4, -0.2) is 70.3 Å². The van der Waals surface area contributed by atoms with Gasteiger partial charge in [0.1, 0.15) is 11.7 Å². The fraction of sp³-hybridized carbons (Fsp3) is 0.588. The van der Waals surface area contributed by atoms with Crippen LogP contribution in [0.5, 0.6) is 0 Å². The van der Waals surface area contributed by atoms with Gasteiger partial charge in [0, 0.05) is 23.9 Å². The van der Waals surface area contributed by atoms with Gasteiger partial charge in [0.05, 0.1) is 12.0 Å². The highest BCUT2D eigenvalue weighted by atomic mass is 32.1. The summed E-state index contributed by atoms with van der Waals surface area (Å²) in [4.78, 5) is 68.7. The number of carboxylic acids is 1. The third-order valence-electron chi connectivity index (χ3n) is 8.65. The summed E-state index contributed by atoms with van der Waals surface area (Å²) in [5.41, 5.74) is 1.04. The van der Waals surface area contributed by atoms with Gasteiger partial charge in [0.15, 0.2) is 10.8 Å². The van der Waals surface area contributed by atoms with Gasteiger partial charge in [0.2, 0.25) is 11.8 Å². The topological polar surface area (TPSA) is 167 Å². The molecule has 0 spiro atoms. The zero-order valence-corrected chi connectivity index (χ0v) is 28.3. The maximum atomic E-state index is 13.5. The highest BCUT2D eigenvalue weighted by molar-refractivity contribution is 7.11. The Morgan fingerprint density at radius 1 is 1.02 bits per heavy atom. The van der Waals surface area contributed by atoms with Crippen LogP contribution in [0.25, 0.3) is 0 Å². The van der Waals surface area contributed by atoms with Gasteiger partial charge in [0.25, 0.3) is 5.91 Å². The van der Waals surface area contributed by atoms with E-state index in [1.807, 2.05) is 58.0 Å². The maximum absolute atomic E-state index is 13.5. The van der Waals surface area contributed by atoms with Crippen molar-refractivity contribution in [1.29, 1.82) is 0 Å². The molecular weight excluding hydrogens is 606 g/mol. The molecule has 0 bridgehead atoms. The zero-order valence-electron chi connectivity index (χ0n) is 27.5. The summed E-state index contributed by atoms with van der Waals surface area (Å²) in [7, 11) is 0. The first-order valence-corrected chi connectivity index (χ1v) is 17.2. The first-order valence-electron chi connectivity index (χ1n) is 16.3. The number of ketones is 1. The van der Waals surface area contributed by atoms with Crippen LogP contribution in [0.3, 0.4) is 0 Å². The van der Waals surface area contributed by atoms with Crippen LogP contribution in [0.15, 0.2) is 35.7 Å². The largest absolute Gasteiger partial charge is 0.481 e. The van der Waals surface area contributed by atoms with E-state index in [0.29, 0.717) is 12.8 Å². The fourth-order valence-corrected chi connectivity index (χ4v) is 6.18. The molecule has 252 valence electrons. The standard InChI is InChI=1S/C34H49N5O6S/c1-6-21(4)29(39-30(41)25-14-10-11-15-35-25)32(43)37-26(20(2)3)18-28(40)33-38-27(19-46-33)31(42)36-24(16-22(5)34(44)45)17-23-12-8-7-9-13-23/h7-9,12-13,19-22,24-26,29,35H,6,10-11,14-18H2,1-5H3,(H,36,42)(H,37,43)(H,39,41)(H,44,45)/t21-,22-,24+,25+,26+,29-/m0/s1. The average molecular weight is 656 g/mol. The molecule has 1 aromatic carbocycles. The lowest BCUT2D eigenvalue weighted by Gasteiger charge is -2.30. The predicted molar refractivity (Wildman–Crippen MR) is 178 cm³/mol. The summed E-state index contributed by atoms with van der Waals surface area (Å²) in [6.07, 6.45) is 4.06. The van der Waals surface area contributed by atoms with Crippen LogP contribution in [0.2, 0.25) is 0 Å². The minimum absolute atomic E-state index is 0.0178. The molecule has 11 nitrogen and oxygen atoms in total. The van der Waals surface area contributed by atoms with E-state index in [1.165, 1.54) is 5.38 Å². The van der Waals surface area contributed by atoms with Crippen molar-refractivity contribution in [2.45, 2.75) is 104 Å². The molecule has 1 aliphatic heterocycles. The van der Waals surface area contributed by atoms with Crippen molar-refractivity contribution >= 4 is 40.8 Å². The second-order valence-electron chi connectivity index (χ2n) is 12.7. The van der Waals surface area contributed by atoms with E-state index in [0.717, 1.165) is 42.7 Å². The van der Waals surface area contributed by atoms with Crippen LogP contribution in [0, 0.1) is 17.8 Å². The first-order chi connectivity index (χ1) is 21.9. The second-order valence-corrected chi connectivity index (χ2v) is 13.6.